The predicted molar refractivity (Wildman–Crippen MR) is 116 cm³/mol. The van der Waals surface area contributed by atoms with E-state index in [1.54, 1.807) is 0 Å². The molecule has 6 heteroatoms. The van der Waals surface area contributed by atoms with Crippen molar-refractivity contribution in [3.05, 3.63) is 59.9 Å². The van der Waals surface area contributed by atoms with E-state index in [0.717, 1.165) is 41.8 Å². The molecule has 6 nitrogen and oxygen atoms in total. The predicted octanol–water partition coefficient (Wildman–Crippen LogP) is 3.56. The number of carbonyl (C=O) groups excluding carboxylic acids is 2. The highest BCUT2D eigenvalue weighted by atomic mass is 16.2. The Kier molecular flexibility index (Phi) is 4.38. The zero-order valence-corrected chi connectivity index (χ0v) is 17.5. The Hall–Kier alpha value is -3.15. The number of amides is 2. The monoisotopic (exact) mass is 402 g/mol. The minimum atomic E-state index is -0.0522. The summed E-state index contributed by atoms with van der Waals surface area (Å²) in [4.78, 5) is 33.7. The number of fused-ring (bicyclic) bond motifs is 1. The maximum atomic E-state index is 13.2. The molecule has 2 aromatic carbocycles. The van der Waals surface area contributed by atoms with Crippen molar-refractivity contribution in [1.29, 1.82) is 0 Å². The lowest BCUT2D eigenvalue weighted by Crippen LogP contribution is -2.52. The van der Waals surface area contributed by atoms with Crippen LogP contribution in [-0.4, -0.2) is 56.8 Å². The molecule has 2 amide bonds. The van der Waals surface area contributed by atoms with Crippen LogP contribution in [0.4, 0.5) is 0 Å². The number of hydrogen-bond acceptors (Lipinski definition) is 3. The van der Waals surface area contributed by atoms with Crippen molar-refractivity contribution in [2.45, 2.75) is 38.1 Å². The molecular formula is C24H26N4O2. The van der Waals surface area contributed by atoms with Crippen molar-refractivity contribution in [1.82, 2.24) is 19.4 Å². The second-order valence-corrected chi connectivity index (χ2v) is 8.50. The lowest BCUT2D eigenvalue weighted by atomic mass is 9.85. The van der Waals surface area contributed by atoms with Crippen LogP contribution in [0.5, 0.6) is 0 Å². The van der Waals surface area contributed by atoms with Gasteiger partial charge in [0, 0.05) is 43.3 Å². The molecule has 3 heterocycles. The Labute approximate surface area is 176 Å². The van der Waals surface area contributed by atoms with Crippen molar-refractivity contribution in [3.63, 3.8) is 0 Å². The van der Waals surface area contributed by atoms with Crippen LogP contribution in [-0.2, 0) is 4.79 Å². The molecule has 30 heavy (non-hydrogen) atoms. The Morgan fingerprint density at radius 2 is 1.77 bits per heavy atom. The minimum Gasteiger partial charge on any atom is -0.340 e. The normalized spacial score (nSPS) is 18.5. The van der Waals surface area contributed by atoms with Crippen LogP contribution < -0.4 is 0 Å². The van der Waals surface area contributed by atoms with Crippen LogP contribution in [0.15, 0.2) is 48.5 Å². The van der Waals surface area contributed by atoms with E-state index < -0.39 is 0 Å². The number of hydrogen-bond donors (Lipinski definition) is 0. The molecule has 0 bridgehead atoms. The molecule has 0 radical (unpaired) electrons. The Balaban J connectivity index is 1.38. The average Bonchev–Trinajstić information content (AvgIpc) is 3.25. The number of benzene rings is 2. The summed E-state index contributed by atoms with van der Waals surface area (Å²) in [5.41, 5.74) is 3.51. The summed E-state index contributed by atoms with van der Waals surface area (Å²) in [7, 11) is 1.91. The fraction of sp³-hybridized carbons (Fsp3) is 0.375. The van der Waals surface area contributed by atoms with Gasteiger partial charge in [0.1, 0.15) is 5.82 Å². The zero-order valence-electron chi connectivity index (χ0n) is 17.5. The van der Waals surface area contributed by atoms with E-state index in [1.807, 2.05) is 60.2 Å². The minimum absolute atomic E-state index is 0.0469. The molecule has 154 valence electrons. The van der Waals surface area contributed by atoms with Gasteiger partial charge in [-0.3, -0.25) is 14.2 Å². The van der Waals surface area contributed by atoms with Crippen LogP contribution in [0.1, 0.15) is 41.9 Å². The van der Waals surface area contributed by atoms with Gasteiger partial charge < -0.3 is 9.80 Å². The number of rotatable bonds is 2. The van der Waals surface area contributed by atoms with Gasteiger partial charge in [-0.25, -0.2) is 4.98 Å². The summed E-state index contributed by atoms with van der Waals surface area (Å²) < 4.78 is 2.11. The summed E-state index contributed by atoms with van der Waals surface area (Å²) in [5.74, 6) is 1.17. The van der Waals surface area contributed by atoms with Crippen LogP contribution >= 0.6 is 0 Å². The highest BCUT2D eigenvalue weighted by molar-refractivity contribution is 5.97. The lowest BCUT2D eigenvalue weighted by molar-refractivity contribution is -0.130. The van der Waals surface area contributed by atoms with Gasteiger partial charge in [-0.15, -0.1) is 0 Å². The first-order valence-electron chi connectivity index (χ1n) is 10.6. The molecule has 2 aliphatic rings. The van der Waals surface area contributed by atoms with Crippen molar-refractivity contribution >= 4 is 22.8 Å². The van der Waals surface area contributed by atoms with Gasteiger partial charge in [-0.2, -0.15) is 0 Å². The molecular weight excluding hydrogens is 376 g/mol. The number of carbonyl (C=O) groups is 2. The molecule has 2 aliphatic heterocycles. The second-order valence-electron chi connectivity index (χ2n) is 8.50. The van der Waals surface area contributed by atoms with Crippen molar-refractivity contribution in [3.8, 4) is 5.69 Å². The maximum Gasteiger partial charge on any atom is 0.253 e. The molecule has 1 aromatic heterocycles. The number of aromatic nitrogens is 2. The number of imidazole rings is 1. The average molecular weight is 402 g/mol. The third kappa shape index (κ3) is 2.90. The van der Waals surface area contributed by atoms with E-state index in [1.165, 1.54) is 0 Å². The van der Waals surface area contributed by atoms with Gasteiger partial charge in [-0.1, -0.05) is 18.2 Å². The van der Waals surface area contributed by atoms with Crippen molar-refractivity contribution in [2.75, 3.05) is 20.1 Å². The standard InChI is InChI=1S/C24H26N4O2/c1-17-25-20-16-18(8-9-21(20)28(17)19-6-4-3-5-7-19)23(30)27-14-12-24(13-15-27)11-10-22(29)26(24)2/h3-9,16H,10-15H2,1-2H3. The van der Waals surface area contributed by atoms with E-state index >= 15 is 0 Å². The quantitative estimate of drug-likeness (QED) is 0.659. The topological polar surface area (TPSA) is 58.4 Å². The summed E-state index contributed by atoms with van der Waals surface area (Å²) in [5, 5.41) is 0. The fourth-order valence-corrected chi connectivity index (χ4v) is 5.07. The Morgan fingerprint density at radius 3 is 2.43 bits per heavy atom. The molecule has 3 aromatic rings. The lowest BCUT2D eigenvalue weighted by Gasteiger charge is -2.43. The molecule has 0 unspecified atom stereocenters. The van der Waals surface area contributed by atoms with Crippen LogP contribution in [0.25, 0.3) is 16.7 Å². The second kappa shape index (κ2) is 6.97. The third-order valence-corrected chi connectivity index (χ3v) is 6.95. The first-order valence-corrected chi connectivity index (χ1v) is 10.6. The zero-order chi connectivity index (χ0) is 20.9. The molecule has 0 atom stereocenters. The third-order valence-electron chi connectivity index (χ3n) is 6.95. The molecule has 0 aliphatic carbocycles. The molecule has 2 fully saturated rings. The summed E-state index contributed by atoms with van der Waals surface area (Å²) >= 11 is 0. The SMILES string of the molecule is Cc1nc2cc(C(=O)N3CCC4(CCC(=O)N4C)CC3)ccc2n1-c1ccccc1. The van der Waals surface area contributed by atoms with Gasteiger partial charge in [-0.05, 0) is 56.5 Å². The summed E-state index contributed by atoms with van der Waals surface area (Å²) in [6, 6.07) is 15.9. The first-order chi connectivity index (χ1) is 14.5. The molecule has 1 spiro atoms. The van der Waals surface area contributed by atoms with Crippen LogP contribution in [0.3, 0.4) is 0 Å². The van der Waals surface area contributed by atoms with E-state index in [4.69, 9.17) is 4.98 Å². The number of para-hydroxylation sites is 1. The van der Waals surface area contributed by atoms with Gasteiger partial charge >= 0.3 is 0 Å². The first kappa shape index (κ1) is 18.9. The molecule has 0 N–H and O–H groups in total. The van der Waals surface area contributed by atoms with E-state index in [9.17, 15) is 9.59 Å². The van der Waals surface area contributed by atoms with Gasteiger partial charge in [0.2, 0.25) is 5.91 Å². The molecule has 5 rings (SSSR count). The highest BCUT2D eigenvalue weighted by Gasteiger charge is 2.45. The summed E-state index contributed by atoms with van der Waals surface area (Å²) in [6.07, 6.45) is 3.24. The molecule has 0 saturated carbocycles. The number of nitrogens with zero attached hydrogens (tertiary/aromatic N) is 4. The van der Waals surface area contributed by atoms with E-state index in [0.29, 0.717) is 25.1 Å². The van der Waals surface area contributed by atoms with Crippen molar-refractivity contribution in [2.24, 2.45) is 0 Å². The van der Waals surface area contributed by atoms with Crippen LogP contribution in [0.2, 0.25) is 0 Å². The smallest absolute Gasteiger partial charge is 0.253 e. The van der Waals surface area contributed by atoms with Crippen LogP contribution in [0, 0.1) is 6.92 Å². The van der Waals surface area contributed by atoms with Gasteiger partial charge in [0.05, 0.1) is 11.0 Å². The Morgan fingerprint density at radius 1 is 1.03 bits per heavy atom. The maximum absolute atomic E-state index is 13.2. The number of aryl methyl sites for hydroxylation is 1. The number of piperidine rings is 1. The van der Waals surface area contributed by atoms with Gasteiger partial charge in [0.25, 0.3) is 5.91 Å². The Bertz CT molecular complexity index is 1130. The number of likely N-dealkylation sites (tertiary alicyclic amines) is 2. The molecule has 2 saturated heterocycles. The fourth-order valence-electron chi connectivity index (χ4n) is 5.07. The van der Waals surface area contributed by atoms with E-state index in [-0.39, 0.29) is 17.4 Å². The highest BCUT2D eigenvalue weighted by Crippen LogP contribution is 2.38. The van der Waals surface area contributed by atoms with Gasteiger partial charge in [0.15, 0.2) is 0 Å². The van der Waals surface area contributed by atoms with E-state index in [2.05, 4.69) is 16.7 Å². The van der Waals surface area contributed by atoms with Crippen molar-refractivity contribution < 1.29 is 9.59 Å². The summed E-state index contributed by atoms with van der Waals surface area (Å²) in [6.45, 7) is 3.36. The largest absolute Gasteiger partial charge is 0.340 e.